The van der Waals surface area contributed by atoms with Crippen LogP contribution in [-0.2, 0) is 17.6 Å². The van der Waals surface area contributed by atoms with Gasteiger partial charge in [-0.2, -0.15) is 0 Å². The second-order valence-corrected chi connectivity index (χ2v) is 10.8. The molecule has 1 unspecified atom stereocenters. The average molecular weight is 512 g/mol. The number of aliphatic carboxylic acids is 1. The number of carbonyl (C=O) groups is 2. The Bertz CT molecular complexity index is 1080. The summed E-state index contributed by atoms with van der Waals surface area (Å²) in [6.45, 7) is 3.59. The average Bonchev–Trinajstić information content (AvgIpc) is 3.22. The molecule has 0 spiro atoms. The first-order valence-corrected chi connectivity index (χ1v) is 13.9. The van der Waals surface area contributed by atoms with Crippen molar-refractivity contribution in [3.8, 4) is 5.75 Å². The van der Waals surface area contributed by atoms with Crippen molar-refractivity contribution in [3.63, 3.8) is 0 Å². The van der Waals surface area contributed by atoms with Crippen molar-refractivity contribution in [1.29, 1.82) is 0 Å². The van der Waals surface area contributed by atoms with Crippen LogP contribution in [0.2, 0.25) is 0 Å². The van der Waals surface area contributed by atoms with Crippen LogP contribution in [0, 0.1) is 6.92 Å². The quantitative estimate of drug-likeness (QED) is 0.134. The number of thioether (sulfide) groups is 1. The number of rotatable bonds is 15. The highest BCUT2D eigenvalue weighted by Gasteiger charge is 2.22. The highest BCUT2D eigenvalue weighted by Crippen LogP contribution is 2.25. The van der Waals surface area contributed by atoms with Crippen LogP contribution < -0.4 is 4.74 Å². The van der Waals surface area contributed by atoms with Gasteiger partial charge >= 0.3 is 5.97 Å². The third-order valence-corrected chi connectivity index (χ3v) is 7.96. The Morgan fingerprint density at radius 3 is 2.46 bits per heavy atom. The number of nitrogens with zero attached hydrogens (tertiary/aromatic N) is 1. The van der Waals surface area contributed by atoms with Gasteiger partial charge in [-0.1, -0.05) is 36.8 Å². The van der Waals surface area contributed by atoms with Crippen molar-refractivity contribution in [2.75, 3.05) is 5.75 Å². The number of benzene rings is 2. The van der Waals surface area contributed by atoms with Gasteiger partial charge in [0.15, 0.2) is 11.1 Å². The molecule has 186 valence electrons. The van der Waals surface area contributed by atoms with Gasteiger partial charge in [0.25, 0.3) is 0 Å². The van der Waals surface area contributed by atoms with Gasteiger partial charge in [-0.15, -0.1) is 23.1 Å². The summed E-state index contributed by atoms with van der Waals surface area (Å²) >= 11 is 3.18. The Morgan fingerprint density at radius 2 is 1.74 bits per heavy atom. The third kappa shape index (κ3) is 9.15. The number of carboxylic acids is 1. The van der Waals surface area contributed by atoms with Gasteiger partial charge in [0.2, 0.25) is 5.78 Å². The zero-order valence-corrected chi connectivity index (χ0v) is 22.0. The van der Waals surface area contributed by atoms with Gasteiger partial charge < -0.3 is 9.84 Å². The number of unbranched alkanes of at least 4 members (excludes halogenated alkanes) is 2. The standard InChI is InChI=1S/C28H33NO4S2/c1-20-25(13-9-14-26(30)31)35-28(29-20)27(32)21(2)33-23-15-17-24(18-16-23)34-19-8-4-7-12-22-10-5-3-6-11-22/h3,5-6,10-11,15-18,21H,4,7-9,12-14,19H2,1-2H3,(H,30,31). The second kappa shape index (κ2) is 14.0. The first-order chi connectivity index (χ1) is 16.9. The van der Waals surface area contributed by atoms with E-state index < -0.39 is 12.1 Å². The molecular formula is C28H33NO4S2. The van der Waals surface area contributed by atoms with Crippen LogP contribution in [-0.4, -0.2) is 33.7 Å². The maximum absolute atomic E-state index is 12.8. The van der Waals surface area contributed by atoms with E-state index in [1.54, 1.807) is 6.92 Å². The van der Waals surface area contributed by atoms with E-state index in [4.69, 9.17) is 9.84 Å². The molecule has 7 heteroatoms. The lowest BCUT2D eigenvalue weighted by atomic mass is 10.1. The molecule has 1 aromatic heterocycles. The Morgan fingerprint density at radius 1 is 1.00 bits per heavy atom. The number of ketones is 1. The maximum Gasteiger partial charge on any atom is 0.303 e. The van der Waals surface area contributed by atoms with Crippen LogP contribution in [0.1, 0.15) is 65.0 Å². The fourth-order valence-electron chi connectivity index (χ4n) is 3.65. The van der Waals surface area contributed by atoms with Crippen molar-refractivity contribution in [2.45, 2.75) is 69.8 Å². The van der Waals surface area contributed by atoms with Crippen LogP contribution in [0.3, 0.4) is 0 Å². The monoisotopic (exact) mass is 511 g/mol. The van der Waals surface area contributed by atoms with E-state index >= 15 is 0 Å². The number of carboxylic acid groups (broad SMARTS) is 1. The molecule has 35 heavy (non-hydrogen) atoms. The Labute approximate surface area is 216 Å². The van der Waals surface area contributed by atoms with E-state index in [0.717, 1.165) is 22.7 Å². The molecule has 0 bridgehead atoms. The van der Waals surface area contributed by atoms with Gasteiger partial charge in [0.1, 0.15) is 5.75 Å². The largest absolute Gasteiger partial charge is 0.482 e. The maximum atomic E-state index is 12.8. The zero-order valence-electron chi connectivity index (χ0n) is 20.4. The molecule has 0 amide bonds. The van der Waals surface area contributed by atoms with Crippen molar-refractivity contribution < 1.29 is 19.4 Å². The number of hydrogen-bond donors (Lipinski definition) is 1. The minimum atomic E-state index is -0.811. The molecule has 1 heterocycles. The summed E-state index contributed by atoms with van der Waals surface area (Å²) in [7, 11) is 0. The SMILES string of the molecule is Cc1nc(C(=O)C(C)Oc2ccc(SCCCCCc3ccccc3)cc2)sc1CCCC(=O)O. The van der Waals surface area contributed by atoms with E-state index in [1.807, 2.05) is 43.0 Å². The number of aromatic nitrogens is 1. The van der Waals surface area contributed by atoms with Crippen molar-refractivity contribution in [3.05, 3.63) is 75.7 Å². The van der Waals surface area contributed by atoms with Gasteiger partial charge in [-0.05, 0) is 81.5 Å². The molecule has 0 aliphatic rings. The first-order valence-electron chi connectivity index (χ1n) is 12.1. The minimum absolute atomic E-state index is 0.114. The predicted molar refractivity (Wildman–Crippen MR) is 143 cm³/mol. The Hall–Kier alpha value is -2.64. The van der Waals surface area contributed by atoms with E-state index in [9.17, 15) is 9.59 Å². The summed E-state index contributed by atoms with van der Waals surface area (Å²) in [5, 5.41) is 9.23. The summed E-state index contributed by atoms with van der Waals surface area (Å²) in [6, 6.07) is 18.5. The summed E-state index contributed by atoms with van der Waals surface area (Å²) < 4.78 is 5.88. The minimum Gasteiger partial charge on any atom is -0.482 e. The molecule has 0 saturated heterocycles. The summed E-state index contributed by atoms with van der Waals surface area (Å²) in [5.41, 5.74) is 2.20. The van der Waals surface area contributed by atoms with Crippen LogP contribution in [0.15, 0.2) is 59.5 Å². The number of carbonyl (C=O) groups excluding carboxylic acids is 1. The Kier molecular flexibility index (Phi) is 10.8. The number of aryl methyl sites for hydroxylation is 3. The third-order valence-electron chi connectivity index (χ3n) is 5.63. The smallest absolute Gasteiger partial charge is 0.303 e. The van der Waals surface area contributed by atoms with Gasteiger partial charge in [0.05, 0.1) is 5.69 Å². The zero-order chi connectivity index (χ0) is 25.0. The lowest BCUT2D eigenvalue weighted by molar-refractivity contribution is -0.137. The Balaban J connectivity index is 1.39. The summed E-state index contributed by atoms with van der Waals surface area (Å²) in [6.07, 6.45) is 5.39. The second-order valence-electron chi connectivity index (χ2n) is 8.52. The van der Waals surface area contributed by atoms with Crippen LogP contribution in [0.25, 0.3) is 0 Å². The molecule has 0 fully saturated rings. The summed E-state index contributed by atoms with van der Waals surface area (Å²) in [4.78, 5) is 30.1. The highest BCUT2D eigenvalue weighted by molar-refractivity contribution is 7.99. The van der Waals surface area contributed by atoms with Crippen LogP contribution in [0.4, 0.5) is 0 Å². The molecule has 0 aliphatic heterocycles. The van der Waals surface area contributed by atoms with E-state index in [1.165, 1.54) is 41.1 Å². The number of thiazole rings is 1. The van der Waals surface area contributed by atoms with Crippen LogP contribution >= 0.6 is 23.1 Å². The predicted octanol–water partition coefficient (Wildman–Crippen LogP) is 7.01. The normalized spacial score (nSPS) is 11.8. The van der Waals surface area contributed by atoms with E-state index in [-0.39, 0.29) is 12.2 Å². The summed E-state index contributed by atoms with van der Waals surface area (Å²) in [5.74, 6) is 0.778. The first kappa shape index (κ1) is 27.0. The highest BCUT2D eigenvalue weighted by atomic mass is 32.2. The fourth-order valence-corrected chi connectivity index (χ4v) is 5.69. The topological polar surface area (TPSA) is 76.5 Å². The van der Waals surface area contributed by atoms with E-state index in [2.05, 4.69) is 35.3 Å². The molecule has 0 saturated carbocycles. The molecule has 1 atom stereocenters. The van der Waals surface area contributed by atoms with E-state index in [0.29, 0.717) is 23.6 Å². The fraction of sp³-hybridized carbons (Fsp3) is 0.393. The van der Waals surface area contributed by atoms with Gasteiger partial charge in [-0.3, -0.25) is 9.59 Å². The molecule has 3 rings (SSSR count). The molecule has 2 aromatic carbocycles. The molecule has 1 N–H and O–H groups in total. The number of hydrogen-bond acceptors (Lipinski definition) is 6. The van der Waals surface area contributed by atoms with Crippen molar-refractivity contribution in [2.24, 2.45) is 0 Å². The lowest BCUT2D eigenvalue weighted by Gasteiger charge is -2.12. The van der Waals surface area contributed by atoms with Gasteiger partial charge in [-0.25, -0.2) is 4.98 Å². The lowest BCUT2D eigenvalue weighted by Crippen LogP contribution is -2.23. The molecule has 5 nitrogen and oxygen atoms in total. The number of ether oxygens (including phenoxy) is 1. The number of Topliss-reactive ketones (excluding diaryl/α,β-unsaturated/α-hetero) is 1. The van der Waals surface area contributed by atoms with Crippen molar-refractivity contribution >= 4 is 34.9 Å². The van der Waals surface area contributed by atoms with Gasteiger partial charge in [0, 0.05) is 16.2 Å². The molecule has 0 radical (unpaired) electrons. The van der Waals surface area contributed by atoms with Crippen molar-refractivity contribution in [1.82, 2.24) is 4.98 Å². The molecular weight excluding hydrogens is 478 g/mol. The molecule has 3 aromatic rings. The van der Waals surface area contributed by atoms with Crippen LogP contribution in [0.5, 0.6) is 5.75 Å². The molecule has 0 aliphatic carbocycles.